The Hall–Kier alpha value is -2.36. The number of halogens is 1. The summed E-state index contributed by atoms with van der Waals surface area (Å²) in [6, 6.07) is 12.2. The highest BCUT2D eigenvalue weighted by Crippen LogP contribution is 2.34. The molecule has 0 saturated carbocycles. The van der Waals surface area contributed by atoms with Gasteiger partial charge in [-0.2, -0.15) is 5.01 Å². The van der Waals surface area contributed by atoms with E-state index >= 15 is 0 Å². The third kappa shape index (κ3) is 4.21. The number of hydrazine groups is 1. The van der Waals surface area contributed by atoms with Gasteiger partial charge in [-0.3, -0.25) is 15.0 Å². The quantitative estimate of drug-likeness (QED) is 0.517. The van der Waals surface area contributed by atoms with Gasteiger partial charge in [0.2, 0.25) is 0 Å². The van der Waals surface area contributed by atoms with E-state index in [-0.39, 0.29) is 4.32 Å². The predicted octanol–water partition coefficient (Wildman–Crippen LogP) is 4.01. The van der Waals surface area contributed by atoms with Crippen molar-refractivity contribution in [3.8, 4) is 11.5 Å². The Morgan fingerprint density at radius 1 is 1.21 bits per heavy atom. The number of nitrogens with zero attached hydrogens (tertiary/aromatic N) is 1. The summed E-state index contributed by atoms with van der Waals surface area (Å²) < 4.78 is 11.4. The minimum atomic E-state index is -0.438. The van der Waals surface area contributed by atoms with Gasteiger partial charge in [0, 0.05) is 16.1 Å². The van der Waals surface area contributed by atoms with Crippen molar-refractivity contribution >= 4 is 62.1 Å². The Morgan fingerprint density at radius 3 is 2.64 bits per heavy atom. The Bertz CT molecular complexity index is 994. The molecule has 1 saturated heterocycles. The third-order valence-corrected chi connectivity index (χ3v) is 5.85. The van der Waals surface area contributed by atoms with E-state index in [9.17, 15) is 9.59 Å². The summed E-state index contributed by atoms with van der Waals surface area (Å²) >= 11 is 9.69. The molecule has 6 nitrogen and oxygen atoms in total. The fourth-order valence-electron chi connectivity index (χ4n) is 2.45. The largest absolute Gasteiger partial charge is 0.497 e. The molecule has 0 atom stereocenters. The second-order valence-electron chi connectivity index (χ2n) is 5.55. The van der Waals surface area contributed by atoms with Crippen molar-refractivity contribution in [1.29, 1.82) is 0 Å². The summed E-state index contributed by atoms with van der Waals surface area (Å²) in [7, 11) is 3.10. The number of ether oxygens (including phenoxy) is 2. The number of thioether (sulfide) groups is 1. The zero-order valence-electron chi connectivity index (χ0n) is 14.9. The van der Waals surface area contributed by atoms with Crippen molar-refractivity contribution in [3.05, 3.63) is 63.0 Å². The van der Waals surface area contributed by atoms with Crippen LogP contribution in [-0.4, -0.2) is 35.4 Å². The molecule has 0 bridgehead atoms. The van der Waals surface area contributed by atoms with Gasteiger partial charge in [0.05, 0.1) is 24.7 Å². The first-order valence-corrected chi connectivity index (χ1v) is 10.0. The van der Waals surface area contributed by atoms with E-state index in [4.69, 9.17) is 21.7 Å². The van der Waals surface area contributed by atoms with Crippen molar-refractivity contribution < 1.29 is 19.1 Å². The van der Waals surface area contributed by atoms with Gasteiger partial charge in [-0.25, -0.2) is 0 Å². The zero-order valence-corrected chi connectivity index (χ0v) is 18.1. The molecule has 2 amide bonds. The minimum absolute atomic E-state index is 0.240. The fourth-order valence-corrected chi connectivity index (χ4v) is 4.09. The molecular formula is C19H15BrN2O4S2. The first-order valence-electron chi connectivity index (χ1n) is 8.00. The Kier molecular flexibility index (Phi) is 6.38. The number of amides is 2. The number of benzene rings is 2. The molecule has 1 N–H and O–H groups in total. The molecule has 0 radical (unpaired) electrons. The average molecular weight is 479 g/mol. The van der Waals surface area contributed by atoms with Crippen molar-refractivity contribution in [2.75, 3.05) is 14.2 Å². The second-order valence-corrected chi connectivity index (χ2v) is 8.08. The van der Waals surface area contributed by atoms with Crippen molar-refractivity contribution in [2.45, 2.75) is 0 Å². The van der Waals surface area contributed by atoms with Crippen LogP contribution >= 0.6 is 39.9 Å². The standard InChI is InChI=1S/C19H15BrN2O4S2/c1-25-12-8-7-11(15(10-12)26-2)9-16-18(24)22(19(27)28-16)21-17(23)13-5-3-4-6-14(13)20/h3-10H,1-2H3,(H,21,23). The molecule has 0 aromatic heterocycles. The van der Waals surface area contributed by atoms with Gasteiger partial charge in [0.15, 0.2) is 4.32 Å². The molecule has 0 spiro atoms. The number of methoxy groups -OCH3 is 2. The van der Waals surface area contributed by atoms with Crippen LogP contribution in [0, 0.1) is 0 Å². The lowest BCUT2D eigenvalue weighted by atomic mass is 10.1. The Labute approximate surface area is 180 Å². The molecule has 1 heterocycles. The molecule has 3 rings (SSSR count). The highest BCUT2D eigenvalue weighted by atomic mass is 79.9. The average Bonchev–Trinajstić information content (AvgIpc) is 2.96. The minimum Gasteiger partial charge on any atom is -0.497 e. The lowest BCUT2D eigenvalue weighted by Gasteiger charge is -2.16. The van der Waals surface area contributed by atoms with Gasteiger partial charge in [0.25, 0.3) is 11.8 Å². The van der Waals surface area contributed by atoms with Crippen LogP contribution in [0.4, 0.5) is 0 Å². The van der Waals surface area contributed by atoms with Gasteiger partial charge in [-0.15, -0.1) is 0 Å². The van der Waals surface area contributed by atoms with Crippen LogP contribution in [-0.2, 0) is 4.79 Å². The van der Waals surface area contributed by atoms with E-state index in [2.05, 4.69) is 21.4 Å². The number of hydrogen-bond acceptors (Lipinski definition) is 6. The van der Waals surface area contributed by atoms with Gasteiger partial charge >= 0.3 is 0 Å². The lowest BCUT2D eigenvalue weighted by molar-refractivity contribution is -0.123. The summed E-state index contributed by atoms with van der Waals surface area (Å²) in [5, 5.41) is 1.07. The summed E-state index contributed by atoms with van der Waals surface area (Å²) in [6.07, 6.45) is 1.67. The summed E-state index contributed by atoms with van der Waals surface area (Å²) in [6.45, 7) is 0. The molecule has 1 aliphatic rings. The predicted molar refractivity (Wildman–Crippen MR) is 116 cm³/mol. The van der Waals surface area contributed by atoms with Gasteiger partial charge in [-0.1, -0.05) is 23.9 Å². The monoisotopic (exact) mass is 478 g/mol. The maximum absolute atomic E-state index is 12.8. The van der Waals surface area contributed by atoms with Crippen LogP contribution in [0.15, 0.2) is 51.8 Å². The van der Waals surface area contributed by atoms with Crippen LogP contribution in [0.25, 0.3) is 6.08 Å². The second kappa shape index (κ2) is 8.76. The van der Waals surface area contributed by atoms with Gasteiger partial charge in [0.1, 0.15) is 11.5 Å². The number of carbonyl (C=O) groups excluding carboxylic acids is 2. The van der Waals surface area contributed by atoms with E-state index in [1.54, 1.807) is 55.7 Å². The highest BCUT2D eigenvalue weighted by molar-refractivity contribution is 9.10. The number of nitrogens with one attached hydrogen (secondary N) is 1. The summed E-state index contributed by atoms with van der Waals surface area (Å²) in [5.74, 6) is 0.351. The molecule has 144 valence electrons. The smallest absolute Gasteiger partial charge is 0.285 e. The molecule has 9 heteroatoms. The SMILES string of the molecule is COc1ccc(C=C2SC(=S)N(NC(=O)c3ccccc3Br)C2=O)c(OC)c1. The van der Waals surface area contributed by atoms with E-state index in [0.717, 1.165) is 16.8 Å². The normalized spacial score (nSPS) is 15.1. The summed E-state index contributed by atoms with van der Waals surface area (Å²) in [5.41, 5.74) is 3.65. The fraction of sp³-hybridized carbons (Fsp3) is 0.105. The van der Waals surface area contributed by atoms with Crippen molar-refractivity contribution in [2.24, 2.45) is 0 Å². The molecule has 0 unspecified atom stereocenters. The van der Waals surface area contributed by atoms with E-state index in [0.29, 0.717) is 32.0 Å². The Balaban J connectivity index is 1.83. The highest BCUT2D eigenvalue weighted by Gasteiger charge is 2.34. The van der Waals surface area contributed by atoms with Crippen LogP contribution < -0.4 is 14.9 Å². The Morgan fingerprint density at radius 2 is 1.96 bits per heavy atom. The molecule has 2 aromatic carbocycles. The zero-order chi connectivity index (χ0) is 20.3. The molecular weight excluding hydrogens is 464 g/mol. The van der Waals surface area contributed by atoms with Crippen molar-refractivity contribution in [1.82, 2.24) is 10.4 Å². The summed E-state index contributed by atoms with van der Waals surface area (Å²) in [4.78, 5) is 25.6. The van der Waals surface area contributed by atoms with E-state index in [1.807, 2.05) is 0 Å². The van der Waals surface area contributed by atoms with Crippen LogP contribution in [0.3, 0.4) is 0 Å². The number of hydrogen-bond donors (Lipinski definition) is 1. The number of thiocarbonyl (C=S) groups is 1. The van der Waals surface area contributed by atoms with Gasteiger partial charge in [-0.05, 0) is 58.5 Å². The first kappa shape index (κ1) is 20.4. The van der Waals surface area contributed by atoms with Crippen LogP contribution in [0.1, 0.15) is 15.9 Å². The molecule has 1 aliphatic heterocycles. The third-order valence-electron chi connectivity index (χ3n) is 3.85. The molecule has 1 fully saturated rings. The molecule has 2 aromatic rings. The maximum Gasteiger partial charge on any atom is 0.285 e. The number of carbonyl (C=O) groups is 2. The first-order chi connectivity index (χ1) is 13.4. The van der Waals surface area contributed by atoms with E-state index in [1.165, 1.54) is 7.11 Å². The molecule has 28 heavy (non-hydrogen) atoms. The lowest BCUT2D eigenvalue weighted by Crippen LogP contribution is -2.44. The number of rotatable bonds is 5. The van der Waals surface area contributed by atoms with E-state index < -0.39 is 11.8 Å². The van der Waals surface area contributed by atoms with Gasteiger partial charge < -0.3 is 9.47 Å². The molecule has 0 aliphatic carbocycles. The van der Waals surface area contributed by atoms with Crippen molar-refractivity contribution in [3.63, 3.8) is 0 Å². The van der Waals surface area contributed by atoms with Crippen LogP contribution in [0.2, 0.25) is 0 Å². The topological polar surface area (TPSA) is 67.9 Å². The van der Waals surface area contributed by atoms with Crippen LogP contribution in [0.5, 0.6) is 11.5 Å². The maximum atomic E-state index is 12.8.